The van der Waals surface area contributed by atoms with Gasteiger partial charge >= 0.3 is 0 Å². The first-order valence-electron chi connectivity index (χ1n) is 7.82. The van der Waals surface area contributed by atoms with Crippen molar-refractivity contribution in [2.45, 2.75) is 6.54 Å². The predicted octanol–water partition coefficient (Wildman–Crippen LogP) is 2.12. The normalized spacial score (nSPS) is 15.3. The average Bonchev–Trinajstić information content (AvgIpc) is 3.14. The monoisotopic (exact) mass is 347 g/mol. The maximum atomic E-state index is 12.7. The highest BCUT2D eigenvalue weighted by atomic mass is 32.1. The van der Waals surface area contributed by atoms with Gasteiger partial charge in [0.1, 0.15) is 0 Å². The molecule has 24 heavy (non-hydrogen) atoms. The first-order valence-corrected chi connectivity index (χ1v) is 8.76. The fourth-order valence-corrected chi connectivity index (χ4v) is 3.36. The van der Waals surface area contributed by atoms with Crippen molar-refractivity contribution in [3.8, 4) is 11.5 Å². The van der Waals surface area contributed by atoms with Crippen LogP contribution in [0.2, 0.25) is 0 Å². The molecule has 6 nitrogen and oxygen atoms in total. The van der Waals surface area contributed by atoms with Crippen molar-refractivity contribution in [3.63, 3.8) is 0 Å². The Labute approximate surface area is 145 Å². The summed E-state index contributed by atoms with van der Waals surface area (Å²) in [4.78, 5) is 21.2. The highest BCUT2D eigenvalue weighted by Gasteiger charge is 2.23. The molecule has 0 spiro atoms. The molecular weight excluding hydrogens is 326 g/mol. The van der Waals surface area contributed by atoms with Crippen LogP contribution < -0.4 is 9.47 Å². The molecule has 0 atom stereocenters. The first kappa shape index (κ1) is 16.7. The zero-order valence-electron chi connectivity index (χ0n) is 13.9. The lowest BCUT2D eigenvalue weighted by Crippen LogP contribution is -2.48. The maximum absolute atomic E-state index is 12.7. The van der Waals surface area contributed by atoms with Gasteiger partial charge in [0, 0.05) is 43.7 Å². The van der Waals surface area contributed by atoms with Gasteiger partial charge in [0.2, 0.25) is 0 Å². The number of nitrogens with zero attached hydrogens (tertiary/aromatic N) is 3. The largest absolute Gasteiger partial charge is 0.493 e. The average molecular weight is 347 g/mol. The lowest BCUT2D eigenvalue weighted by Gasteiger charge is -2.34. The van der Waals surface area contributed by atoms with Crippen molar-refractivity contribution in [2.75, 3.05) is 40.4 Å². The Balaban J connectivity index is 1.60. The third-order valence-electron chi connectivity index (χ3n) is 4.16. The Morgan fingerprint density at radius 1 is 1.17 bits per heavy atom. The van der Waals surface area contributed by atoms with Crippen molar-refractivity contribution in [2.24, 2.45) is 0 Å². The number of carbonyl (C=O) groups excluding carboxylic acids is 1. The number of benzene rings is 1. The summed E-state index contributed by atoms with van der Waals surface area (Å²) in [5.74, 6) is 1.23. The van der Waals surface area contributed by atoms with E-state index < -0.39 is 0 Å². The molecule has 128 valence electrons. The van der Waals surface area contributed by atoms with E-state index in [1.54, 1.807) is 43.8 Å². The number of piperazine rings is 1. The van der Waals surface area contributed by atoms with Crippen molar-refractivity contribution < 1.29 is 14.3 Å². The van der Waals surface area contributed by atoms with E-state index in [1.807, 2.05) is 10.4 Å². The third-order valence-corrected chi connectivity index (χ3v) is 4.79. The molecule has 1 aliphatic heterocycles. The van der Waals surface area contributed by atoms with Crippen molar-refractivity contribution in [1.29, 1.82) is 0 Å². The van der Waals surface area contributed by atoms with Crippen LogP contribution in [0.1, 0.15) is 16.1 Å². The Morgan fingerprint density at radius 3 is 2.54 bits per heavy atom. The minimum Gasteiger partial charge on any atom is -0.493 e. The molecule has 1 amide bonds. The number of aromatic nitrogens is 1. The van der Waals surface area contributed by atoms with E-state index in [1.165, 1.54) is 0 Å². The van der Waals surface area contributed by atoms with Crippen molar-refractivity contribution >= 4 is 17.2 Å². The van der Waals surface area contributed by atoms with Crippen LogP contribution in [-0.4, -0.2) is 61.1 Å². The quantitative estimate of drug-likeness (QED) is 0.829. The molecule has 0 N–H and O–H groups in total. The molecule has 0 aliphatic carbocycles. The minimum absolute atomic E-state index is 0.0317. The standard InChI is InChI=1S/C17H21N3O3S/c1-22-15-4-3-13(9-16(15)23-2)17(21)20-7-5-19(6-8-20)10-14-11-24-12-18-14/h3-4,9,11-12H,5-8,10H2,1-2H3. The molecule has 1 saturated heterocycles. The number of methoxy groups -OCH3 is 2. The summed E-state index contributed by atoms with van der Waals surface area (Å²) >= 11 is 1.61. The number of thiazole rings is 1. The number of hydrogen-bond acceptors (Lipinski definition) is 6. The molecule has 3 rings (SSSR count). The van der Waals surface area contributed by atoms with Crippen LogP contribution in [0.3, 0.4) is 0 Å². The van der Waals surface area contributed by atoms with Crippen LogP contribution >= 0.6 is 11.3 Å². The third kappa shape index (κ3) is 3.68. The molecule has 2 heterocycles. The summed E-state index contributed by atoms with van der Waals surface area (Å²) in [6.07, 6.45) is 0. The van der Waals surface area contributed by atoms with Gasteiger partial charge in [0.05, 0.1) is 25.4 Å². The maximum Gasteiger partial charge on any atom is 0.254 e. The number of hydrogen-bond donors (Lipinski definition) is 0. The highest BCUT2D eigenvalue weighted by Crippen LogP contribution is 2.28. The van der Waals surface area contributed by atoms with Crippen LogP contribution in [-0.2, 0) is 6.54 Å². The second-order valence-corrected chi connectivity index (χ2v) is 6.34. The highest BCUT2D eigenvalue weighted by molar-refractivity contribution is 7.07. The molecule has 7 heteroatoms. The van der Waals surface area contributed by atoms with Gasteiger partial charge in [-0.15, -0.1) is 11.3 Å². The second-order valence-electron chi connectivity index (χ2n) is 5.62. The zero-order valence-corrected chi connectivity index (χ0v) is 14.7. The lowest BCUT2D eigenvalue weighted by molar-refractivity contribution is 0.0627. The predicted molar refractivity (Wildman–Crippen MR) is 92.8 cm³/mol. The number of rotatable bonds is 5. The smallest absolute Gasteiger partial charge is 0.254 e. The second kappa shape index (κ2) is 7.63. The van der Waals surface area contributed by atoms with Crippen molar-refractivity contribution in [1.82, 2.24) is 14.8 Å². The lowest BCUT2D eigenvalue weighted by atomic mass is 10.1. The van der Waals surface area contributed by atoms with E-state index in [4.69, 9.17) is 9.47 Å². The SMILES string of the molecule is COc1ccc(C(=O)N2CCN(Cc3cscn3)CC2)cc1OC. The van der Waals surface area contributed by atoms with E-state index in [0.29, 0.717) is 17.1 Å². The van der Waals surface area contributed by atoms with Gasteiger partial charge in [0.15, 0.2) is 11.5 Å². The molecule has 0 saturated carbocycles. The number of ether oxygens (including phenoxy) is 2. The number of carbonyl (C=O) groups is 1. The minimum atomic E-state index is 0.0317. The van der Waals surface area contributed by atoms with Gasteiger partial charge in [-0.2, -0.15) is 0 Å². The van der Waals surface area contributed by atoms with Crippen LogP contribution in [0.25, 0.3) is 0 Å². The molecule has 1 aromatic carbocycles. The molecule has 2 aromatic rings. The Hall–Kier alpha value is -2.12. The Bertz CT molecular complexity index is 682. The molecule has 1 fully saturated rings. The fourth-order valence-electron chi connectivity index (χ4n) is 2.81. The van der Waals surface area contributed by atoms with Gasteiger partial charge in [0.25, 0.3) is 5.91 Å². The molecule has 1 aromatic heterocycles. The van der Waals surface area contributed by atoms with E-state index in [0.717, 1.165) is 38.4 Å². The van der Waals surface area contributed by atoms with E-state index >= 15 is 0 Å². The summed E-state index contributed by atoms with van der Waals surface area (Å²) in [6.45, 7) is 4.00. The number of amides is 1. The van der Waals surface area contributed by atoms with Gasteiger partial charge < -0.3 is 14.4 Å². The van der Waals surface area contributed by atoms with Crippen molar-refractivity contribution in [3.05, 3.63) is 40.3 Å². The zero-order chi connectivity index (χ0) is 16.9. The van der Waals surface area contributed by atoms with Gasteiger partial charge in [-0.1, -0.05) is 0 Å². The van der Waals surface area contributed by atoms with Gasteiger partial charge in [-0.05, 0) is 18.2 Å². The molecule has 0 radical (unpaired) electrons. The molecule has 0 bridgehead atoms. The van der Waals surface area contributed by atoms with Gasteiger partial charge in [-0.25, -0.2) is 4.98 Å². The van der Waals surface area contributed by atoms with E-state index in [9.17, 15) is 4.79 Å². The van der Waals surface area contributed by atoms with E-state index in [2.05, 4.69) is 15.3 Å². The molecule has 0 unspecified atom stereocenters. The van der Waals surface area contributed by atoms with Crippen LogP contribution in [0.15, 0.2) is 29.1 Å². The topological polar surface area (TPSA) is 54.9 Å². The van der Waals surface area contributed by atoms with Crippen LogP contribution in [0, 0.1) is 0 Å². The summed E-state index contributed by atoms with van der Waals surface area (Å²) in [6, 6.07) is 5.29. The van der Waals surface area contributed by atoms with Crippen LogP contribution in [0.5, 0.6) is 11.5 Å². The van der Waals surface area contributed by atoms with E-state index in [-0.39, 0.29) is 5.91 Å². The van der Waals surface area contributed by atoms with Crippen LogP contribution in [0.4, 0.5) is 0 Å². The molecule has 1 aliphatic rings. The fraction of sp³-hybridized carbons (Fsp3) is 0.412. The summed E-state index contributed by atoms with van der Waals surface area (Å²) in [5, 5.41) is 2.07. The first-order chi connectivity index (χ1) is 11.7. The summed E-state index contributed by atoms with van der Waals surface area (Å²) in [7, 11) is 3.16. The summed E-state index contributed by atoms with van der Waals surface area (Å²) < 4.78 is 10.5. The Kier molecular flexibility index (Phi) is 5.32. The van der Waals surface area contributed by atoms with Gasteiger partial charge in [-0.3, -0.25) is 9.69 Å². The summed E-state index contributed by atoms with van der Waals surface area (Å²) in [5.41, 5.74) is 3.58. The molecular formula is C17H21N3O3S. The Morgan fingerprint density at radius 2 is 1.92 bits per heavy atom.